The normalized spacial score (nSPS) is 15.6. The van der Waals surface area contributed by atoms with Gasteiger partial charge >= 0.3 is 12.5 Å². The molecular formula is C27H28F3N3O4. The maximum Gasteiger partial charge on any atom is 0.573 e. The standard InChI is InChI=1S/C27H28F3N3O4/c1-26(2,3)32(25(35)36)13-12-19-16-31-24(34)22-15-21(23(33(19)22)17-8-5-4-6-9-17)18-10-7-11-20(14-18)37-27(28,29)30/h4-11,14-15,19H,12-13,16H2,1-3H3,(H,31,34)(H,35,36). The monoisotopic (exact) mass is 515 g/mol. The van der Waals surface area contributed by atoms with Crippen molar-refractivity contribution in [2.24, 2.45) is 0 Å². The van der Waals surface area contributed by atoms with Gasteiger partial charge in [-0.1, -0.05) is 42.5 Å². The van der Waals surface area contributed by atoms with Crippen LogP contribution in [0, 0.1) is 0 Å². The van der Waals surface area contributed by atoms with Gasteiger partial charge in [0.25, 0.3) is 5.91 Å². The predicted molar refractivity (Wildman–Crippen MR) is 132 cm³/mol. The third-order valence-corrected chi connectivity index (χ3v) is 6.29. The van der Waals surface area contributed by atoms with Crippen LogP contribution in [0.1, 0.15) is 43.7 Å². The van der Waals surface area contributed by atoms with Gasteiger partial charge in [0.1, 0.15) is 11.4 Å². The third-order valence-electron chi connectivity index (χ3n) is 6.29. The van der Waals surface area contributed by atoms with Crippen molar-refractivity contribution in [3.8, 4) is 28.1 Å². The van der Waals surface area contributed by atoms with Gasteiger partial charge < -0.3 is 24.6 Å². The van der Waals surface area contributed by atoms with Gasteiger partial charge in [0.2, 0.25) is 0 Å². The van der Waals surface area contributed by atoms with E-state index in [-0.39, 0.29) is 30.8 Å². The number of nitrogens with one attached hydrogen (secondary N) is 1. The summed E-state index contributed by atoms with van der Waals surface area (Å²) in [6, 6.07) is 16.3. The summed E-state index contributed by atoms with van der Waals surface area (Å²) < 4.78 is 44.6. The van der Waals surface area contributed by atoms with Gasteiger partial charge in [0.15, 0.2) is 0 Å². The van der Waals surface area contributed by atoms with Crippen molar-refractivity contribution in [3.63, 3.8) is 0 Å². The van der Waals surface area contributed by atoms with Crippen molar-refractivity contribution in [3.05, 3.63) is 66.4 Å². The minimum absolute atomic E-state index is 0.232. The van der Waals surface area contributed by atoms with Gasteiger partial charge in [0, 0.05) is 24.2 Å². The molecule has 1 atom stereocenters. The number of carboxylic acid groups (broad SMARTS) is 1. The minimum atomic E-state index is -4.84. The first-order chi connectivity index (χ1) is 17.3. The van der Waals surface area contributed by atoms with Crippen LogP contribution in [0.3, 0.4) is 0 Å². The number of ether oxygens (including phenoxy) is 1. The van der Waals surface area contributed by atoms with Crippen LogP contribution in [0.15, 0.2) is 60.7 Å². The number of halogens is 3. The maximum atomic E-state index is 12.9. The highest BCUT2D eigenvalue weighted by atomic mass is 19.4. The molecule has 0 radical (unpaired) electrons. The Hall–Kier alpha value is -3.95. The van der Waals surface area contributed by atoms with E-state index in [4.69, 9.17) is 0 Å². The third kappa shape index (κ3) is 5.73. The topological polar surface area (TPSA) is 83.8 Å². The number of carbonyl (C=O) groups is 2. The largest absolute Gasteiger partial charge is 0.573 e. The number of benzene rings is 2. The molecule has 1 aromatic heterocycles. The fourth-order valence-electron chi connectivity index (χ4n) is 4.67. The van der Waals surface area contributed by atoms with E-state index >= 15 is 0 Å². The Bertz CT molecular complexity index is 1300. The Balaban J connectivity index is 1.83. The average molecular weight is 516 g/mol. The molecule has 1 unspecified atom stereocenters. The Morgan fingerprint density at radius 2 is 1.76 bits per heavy atom. The van der Waals surface area contributed by atoms with E-state index in [0.717, 1.165) is 5.56 Å². The lowest BCUT2D eigenvalue weighted by Gasteiger charge is -2.36. The quantitative estimate of drug-likeness (QED) is 0.411. The summed E-state index contributed by atoms with van der Waals surface area (Å²) in [5.74, 6) is -0.676. The molecule has 1 aliphatic rings. The predicted octanol–water partition coefficient (Wildman–Crippen LogP) is 6.17. The van der Waals surface area contributed by atoms with E-state index < -0.39 is 18.0 Å². The van der Waals surface area contributed by atoms with Crippen molar-refractivity contribution in [1.29, 1.82) is 0 Å². The Labute approximate surface area is 212 Å². The summed E-state index contributed by atoms with van der Waals surface area (Å²) >= 11 is 0. The number of rotatable bonds is 6. The maximum absolute atomic E-state index is 12.9. The zero-order valence-electron chi connectivity index (χ0n) is 20.7. The molecule has 3 aromatic rings. The molecule has 1 aliphatic heterocycles. The highest BCUT2D eigenvalue weighted by Crippen LogP contribution is 2.40. The summed E-state index contributed by atoms with van der Waals surface area (Å²) in [7, 11) is 0. The van der Waals surface area contributed by atoms with E-state index in [2.05, 4.69) is 10.1 Å². The molecule has 0 bridgehead atoms. The zero-order chi connectivity index (χ0) is 27.0. The first-order valence-electron chi connectivity index (χ1n) is 11.8. The smallest absolute Gasteiger partial charge is 0.465 e. The lowest BCUT2D eigenvalue weighted by Crippen LogP contribution is -2.47. The molecular weight excluding hydrogens is 487 g/mol. The number of carbonyl (C=O) groups excluding carboxylic acids is 1. The summed E-state index contributed by atoms with van der Waals surface area (Å²) in [4.78, 5) is 26.1. The molecule has 2 aromatic carbocycles. The van der Waals surface area contributed by atoms with Crippen LogP contribution in [0.5, 0.6) is 5.75 Å². The Kier molecular flexibility index (Phi) is 6.94. The number of amides is 2. The molecule has 0 fully saturated rings. The lowest BCUT2D eigenvalue weighted by atomic mass is 10.0. The molecule has 7 nitrogen and oxygen atoms in total. The van der Waals surface area contributed by atoms with Crippen molar-refractivity contribution in [2.45, 2.75) is 45.1 Å². The molecule has 37 heavy (non-hydrogen) atoms. The fraction of sp³-hybridized carbons (Fsp3) is 0.333. The summed E-state index contributed by atoms with van der Waals surface area (Å²) in [6.07, 6.45) is -5.46. The van der Waals surface area contributed by atoms with E-state index in [1.807, 2.05) is 55.7 Å². The Morgan fingerprint density at radius 1 is 1.08 bits per heavy atom. The van der Waals surface area contributed by atoms with Crippen LogP contribution in [0.4, 0.5) is 18.0 Å². The Morgan fingerprint density at radius 3 is 2.38 bits per heavy atom. The SMILES string of the molecule is CC(C)(C)N(CCC1CNC(=O)c2cc(-c3cccc(OC(F)(F)F)c3)c(-c3ccccc3)n21)C(=O)O. The van der Waals surface area contributed by atoms with Crippen molar-refractivity contribution in [1.82, 2.24) is 14.8 Å². The van der Waals surface area contributed by atoms with Crippen molar-refractivity contribution in [2.75, 3.05) is 13.1 Å². The zero-order valence-corrected chi connectivity index (χ0v) is 20.7. The van der Waals surface area contributed by atoms with Crippen LogP contribution in [0.2, 0.25) is 0 Å². The number of nitrogens with zero attached hydrogens (tertiary/aromatic N) is 2. The summed E-state index contributed by atoms with van der Waals surface area (Å²) in [5.41, 5.74) is 2.20. The highest BCUT2D eigenvalue weighted by Gasteiger charge is 2.34. The molecule has 196 valence electrons. The van der Waals surface area contributed by atoms with Crippen molar-refractivity contribution >= 4 is 12.0 Å². The molecule has 2 amide bonds. The first-order valence-corrected chi connectivity index (χ1v) is 11.8. The van der Waals surface area contributed by atoms with Crippen LogP contribution in [-0.4, -0.2) is 51.6 Å². The van der Waals surface area contributed by atoms with Gasteiger partial charge in [0.05, 0.1) is 11.7 Å². The van der Waals surface area contributed by atoms with Gasteiger partial charge in [-0.25, -0.2) is 4.79 Å². The van der Waals surface area contributed by atoms with Crippen LogP contribution in [0.25, 0.3) is 22.4 Å². The molecule has 0 saturated heterocycles. The van der Waals surface area contributed by atoms with Crippen molar-refractivity contribution < 1.29 is 32.6 Å². The lowest BCUT2D eigenvalue weighted by molar-refractivity contribution is -0.274. The van der Waals surface area contributed by atoms with Gasteiger partial charge in [-0.2, -0.15) is 0 Å². The highest BCUT2D eigenvalue weighted by molar-refractivity contribution is 5.98. The number of alkyl halides is 3. The van der Waals surface area contributed by atoms with E-state index in [1.54, 1.807) is 12.1 Å². The molecule has 0 spiro atoms. The molecule has 2 N–H and O–H groups in total. The van der Waals surface area contributed by atoms with Crippen LogP contribution >= 0.6 is 0 Å². The van der Waals surface area contributed by atoms with Gasteiger partial charge in [-0.15, -0.1) is 13.2 Å². The first kappa shape index (κ1) is 26.1. The number of fused-ring (bicyclic) bond motifs is 1. The second kappa shape index (κ2) is 9.84. The van der Waals surface area contributed by atoms with Crippen LogP contribution < -0.4 is 10.1 Å². The second-order valence-electron chi connectivity index (χ2n) is 9.86. The van der Waals surface area contributed by atoms with Crippen LogP contribution in [-0.2, 0) is 0 Å². The van der Waals surface area contributed by atoms with E-state index in [1.165, 1.54) is 23.1 Å². The van der Waals surface area contributed by atoms with Gasteiger partial charge in [-0.05, 0) is 56.5 Å². The number of hydrogen-bond acceptors (Lipinski definition) is 3. The summed E-state index contributed by atoms with van der Waals surface area (Å²) in [5, 5.41) is 12.6. The fourth-order valence-corrected chi connectivity index (χ4v) is 4.67. The molecule has 0 aliphatic carbocycles. The molecule has 2 heterocycles. The second-order valence-corrected chi connectivity index (χ2v) is 9.86. The molecule has 4 rings (SSSR count). The average Bonchev–Trinajstić information content (AvgIpc) is 3.21. The molecule has 10 heteroatoms. The van der Waals surface area contributed by atoms with Gasteiger partial charge in [-0.3, -0.25) is 4.79 Å². The summed E-state index contributed by atoms with van der Waals surface area (Å²) in [6.45, 7) is 5.96. The number of hydrogen-bond donors (Lipinski definition) is 2. The molecule has 0 saturated carbocycles. The van der Waals surface area contributed by atoms with E-state index in [0.29, 0.717) is 28.9 Å². The van der Waals surface area contributed by atoms with E-state index in [9.17, 15) is 27.9 Å². The minimum Gasteiger partial charge on any atom is -0.465 e. The number of aromatic nitrogens is 1.